The first-order chi connectivity index (χ1) is 12.0. The Balaban J connectivity index is 1.91. The molecule has 8 heteroatoms. The highest BCUT2D eigenvalue weighted by molar-refractivity contribution is 5.95. The zero-order valence-electron chi connectivity index (χ0n) is 13.0. The molecule has 0 aliphatic carbocycles. The standard InChI is InChI=1S/C17H14N4O4/c22-17(23)20-12-5-3-4-11(8-12)9-19-16-13-6-1-2-7-14(13)18-10-15(16)21(24)25/h1-8,10,20H,9H2,(H,18,19)(H,22,23). The molecule has 1 aromatic heterocycles. The van der Waals surface area contributed by atoms with Crippen molar-refractivity contribution in [3.8, 4) is 0 Å². The smallest absolute Gasteiger partial charge is 0.409 e. The molecular weight excluding hydrogens is 324 g/mol. The molecule has 0 atom stereocenters. The minimum Gasteiger partial charge on any atom is -0.465 e. The number of aromatic nitrogens is 1. The summed E-state index contributed by atoms with van der Waals surface area (Å²) in [5.74, 6) is 0. The maximum Gasteiger partial charge on any atom is 0.409 e. The second-order valence-corrected chi connectivity index (χ2v) is 5.28. The summed E-state index contributed by atoms with van der Waals surface area (Å²) in [7, 11) is 0. The van der Waals surface area contributed by atoms with Crippen LogP contribution >= 0.6 is 0 Å². The average molecular weight is 338 g/mol. The third kappa shape index (κ3) is 3.63. The Bertz CT molecular complexity index is 958. The van der Waals surface area contributed by atoms with Crippen LogP contribution in [-0.2, 0) is 6.54 Å². The molecular formula is C17H14N4O4. The summed E-state index contributed by atoms with van der Waals surface area (Å²) in [6.07, 6.45) is 0.0773. The van der Waals surface area contributed by atoms with Crippen molar-refractivity contribution in [2.24, 2.45) is 0 Å². The Labute approximate surface area is 142 Å². The summed E-state index contributed by atoms with van der Waals surface area (Å²) in [4.78, 5) is 25.6. The van der Waals surface area contributed by atoms with E-state index in [-0.39, 0.29) is 5.69 Å². The number of carbonyl (C=O) groups is 1. The number of benzene rings is 2. The lowest BCUT2D eigenvalue weighted by Gasteiger charge is -2.11. The van der Waals surface area contributed by atoms with E-state index < -0.39 is 11.0 Å². The number of hydrogen-bond acceptors (Lipinski definition) is 5. The van der Waals surface area contributed by atoms with Gasteiger partial charge in [-0.2, -0.15) is 0 Å². The van der Waals surface area contributed by atoms with Crippen molar-refractivity contribution in [1.82, 2.24) is 4.98 Å². The van der Waals surface area contributed by atoms with E-state index >= 15 is 0 Å². The molecule has 0 saturated heterocycles. The molecule has 0 aliphatic heterocycles. The van der Waals surface area contributed by atoms with Crippen LogP contribution in [0.4, 0.5) is 21.9 Å². The number of rotatable bonds is 5. The SMILES string of the molecule is O=C(O)Nc1cccc(CNc2c([N+](=O)[O-])cnc3ccccc23)c1. The Hall–Kier alpha value is -3.68. The second kappa shape index (κ2) is 6.83. The van der Waals surface area contributed by atoms with Gasteiger partial charge in [-0.05, 0) is 23.8 Å². The number of nitrogens with zero attached hydrogens (tertiary/aromatic N) is 2. The molecule has 126 valence electrons. The highest BCUT2D eigenvalue weighted by Gasteiger charge is 2.17. The fourth-order valence-electron chi connectivity index (χ4n) is 2.53. The fourth-order valence-corrected chi connectivity index (χ4v) is 2.53. The predicted molar refractivity (Wildman–Crippen MR) is 93.8 cm³/mol. The van der Waals surface area contributed by atoms with Gasteiger partial charge in [0.1, 0.15) is 11.9 Å². The van der Waals surface area contributed by atoms with Gasteiger partial charge in [-0.25, -0.2) is 9.78 Å². The van der Waals surface area contributed by atoms with Gasteiger partial charge in [-0.3, -0.25) is 15.4 Å². The van der Waals surface area contributed by atoms with Gasteiger partial charge in [0, 0.05) is 17.6 Å². The fraction of sp³-hybridized carbons (Fsp3) is 0.0588. The van der Waals surface area contributed by atoms with Crippen LogP contribution < -0.4 is 10.6 Å². The van der Waals surface area contributed by atoms with Gasteiger partial charge in [0.2, 0.25) is 0 Å². The monoisotopic (exact) mass is 338 g/mol. The zero-order valence-corrected chi connectivity index (χ0v) is 13.0. The van der Waals surface area contributed by atoms with Crippen LogP contribution in [0, 0.1) is 10.1 Å². The Morgan fingerprint density at radius 2 is 2.00 bits per heavy atom. The van der Waals surface area contributed by atoms with E-state index in [2.05, 4.69) is 15.6 Å². The maximum atomic E-state index is 11.3. The molecule has 0 unspecified atom stereocenters. The van der Waals surface area contributed by atoms with Gasteiger partial charge in [0.15, 0.2) is 0 Å². The summed E-state index contributed by atoms with van der Waals surface area (Å²) in [5.41, 5.74) is 2.13. The summed E-state index contributed by atoms with van der Waals surface area (Å²) < 4.78 is 0. The lowest BCUT2D eigenvalue weighted by atomic mass is 10.1. The predicted octanol–water partition coefficient (Wildman–Crippen LogP) is 3.85. The molecule has 8 nitrogen and oxygen atoms in total. The summed E-state index contributed by atoms with van der Waals surface area (Å²) >= 11 is 0. The molecule has 3 N–H and O–H groups in total. The Kier molecular flexibility index (Phi) is 4.42. The van der Waals surface area contributed by atoms with Gasteiger partial charge >= 0.3 is 11.8 Å². The molecule has 0 spiro atoms. The van der Waals surface area contributed by atoms with Crippen LogP contribution in [0.15, 0.2) is 54.7 Å². The molecule has 1 amide bonds. The van der Waals surface area contributed by atoms with Crippen molar-refractivity contribution in [1.29, 1.82) is 0 Å². The van der Waals surface area contributed by atoms with Crippen LogP contribution in [0.1, 0.15) is 5.56 Å². The van der Waals surface area contributed by atoms with Crippen LogP contribution in [0.25, 0.3) is 10.9 Å². The highest BCUT2D eigenvalue weighted by atomic mass is 16.6. The molecule has 3 aromatic rings. The number of amides is 1. The number of nitro groups is 1. The molecule has 0 saturated carbocycles. The van der Waals surface area contributed by atoms with Gasteiger partial charge in [0.25, 0.3) is 0 Å². The van der Waals surface area contributed by atoms with Gasteiger partial charge in [0.05, 0.1) is 10.4 Å². The summed E-state index contributed by atoms with van der Waals surface area (Å²) in [5, 5.41) is 26.1. The number of para-hydroxylation sites is 1. The second-order valence-electron chi connectivity index (χ2n) is 5.28. The highest BCUT2D eigenvalue weighted by Crippen LogP contribution is 2.31. The lowest BCUT2D eigenvalue weighted by molar-refractivity contribution is -0.384. The van der Waals surface area contributed by atoms with E-state index in [1.807, 2.05) is 6.07 Å². The first-order valence-electron chi connectivity index (χ1n) is 7.39. The van der Waals surface area contributed by atoms with Crippen molar-refractivity contribution in [3.63, 3.8) is 0 Å². The summed E-state index contributed by atoms with van der Waals surface area (Å²) in [6, 6.07) is 13.9. The van der Waals surface area contributed by atoms with E-state index in [1.54, 1.807) is 42.5 Å². The number of carboxylic acid groups (broad SMARTS) is 1. The van der Waals surface area contributed by atoms with Crippen molar-refractivity contribution in [2.45, 2.75) is 6.54 Å². The van der Waals surface area contributed by atoms with E-state index in [9.17, 15) is 14.9 Å². The van der Waals surface area contributed by atoms with Crippen molar-refractivity contribution < 1.29 is 14.8 Å². The summed E-state index contributed by atoms with van der Waals surface area (Å²) in [6.45, 7) is 0.296. The number of pyridine rings is 1. The van der Waals surface area contributed by atoms with E-state index in [1.165, 1.54) is 6.20 Å². The van der Waals surface area contributed by atoms with E-state index in [0.29, 0.717) is 28.8 Å². The van der Waals surface area contributed by atoms with Gasteiger partial charge in [-0.1, -0.05) is 30.3 Å². The zero-order chi connectivity index (χ0) is 17.8. The lowest BCUT2D eigenvalue weighted by Crippen LogP contribution is -2.08. The van der Waals surface area contributed by atoms with Crippen LogP contribution in [0.5, 0.6) is 0 Å². The first-order valence-corrected chi connectivity index (χ1v) is 7.39. The van der Waals surface area contributed by atoms with Gasteiger partial charge in [-0.15, -0.1) is 0 Å². The Morgan fingerprint density at radius 3 is 2.76 bits per heavy atom. The van der Waals surface area contributed by atoms with Crippen molar-refractivity contribution in [2.75, 3.05) is 10.6 Å². The minimum absolute atomic E-state index is 0.112. The van der Waals surface area contributed by atoms with Crippen LogP contribution in [0.2, 0.25) is 0 Å². The van der Waals surface area contributed by atoms with Crippen molar-refractivity contribution >= 4 is 34.1 Å². The maximum absolute atomic E-state index is 11.3. The largest absolute Gasteiger partial charge is 0.465 e. The molecule has 0 radical (unpaired) electrons. The van der Waals surface area contributed by atoms with Crippen LogP contribution in [0.3, 0.4) is 0 Å². The molecule has 25 heavy (non-hydrogen) atoms. The minimum atomic E-state index is -1.15. The number of anilines is 2. The third-order valence-electron chi connectivity index (χ3n) is 3.60. The molecule has 3 rings (SSSR count). The number of fused-ring (bicyclic) bond motifs is 1. The molecule has 2 aromatic carbocycles. The quantitative estimate of drug-likeness (QED) is 0.480. The third-order valence-corrected chi connectivity index (χ3v) is 3.60. The molecule has 0 bridgehead atoms. The normalized spacial score (nSPS) is 10.4. The average Bonchev–Trinajstić information content (AvgIpc) is 2.59. The number of nitrogens with one attached hydrogen (secondary N) is 2. The number of hydrogen-bond donors (Lipinski definition) is 3. The molecule has 0 fully saturated rings. The topological polar surface area (TPSA) is 117 Å². The van der Waals surface area contributed by atoms with E-state index in [4.69, 9.17) is 5.11 Å². The molecule has 1 heterocycles. The van der Waals surface area contributed by atoms with Gasteiger partial charge < -0.3 is 10.4 Å². The van der Waals surface area contributed by atoms with Crippen molar-refractivity contribution in [3.05, 3.63) is 70.4 Å². The molecule has 0 aliphatic rings. The first kappa shape index (κ1) is 16.2. The Morgan fingerprint density at radius 1 is 1.20 bits per heavy atom. The van der Waals surface area contributed by atoms with Crippen LogP contribution in [-0.4, -0.2) is 21.1 Å². The van der Waals surface area contributed by atoms with E-state index in [0.717, 1.165) is 5.56 Å².